The molecule has 1 aliphatic carbocycles. The van der Waals surface area contributed by atoms with E-state index in [0.717, 1.165) is 12.8 Å². The van der Waals surface area contributed by atoms with Crippen LogP contribution in [-0.4, -0.2) is 128 Å². The fraction of sp³-hybridized carbons (Fsp3) is 0.516. The lowest BCUT2D eigenvalue weighted by molar-refractivity contribution is -0.140. The molecule has 0 radical (unpaired) electrons. The standard InChI is InChI=1S/C31H39N7O9/c39-25(37-12-4-7-24(37)29(43)32-18-20-8-9-20)19-47-26-17-23(34-38(26)21-5-2-1-3-6-21)28(42)33-22(10-11-27(40)41)30(44)35-13-15-36(16-14-35)31(45)46/h1-3,5-6,17,20,22,24H,4,7-16,18-19H2,(H,32,43)(H,33,42)(H,40,41)(H,45,46)/t22-,24-/m0/s1. The van der Waals surface area contributed by atoms with Gasteiger partial charge in [0.05, 0.1) is 5.69 Å². The van der Waals surface area contributed by atoms with Crippen molar-refractivity contribution in [3.8, 4) is 11.6 Å². The second kappa shape index (κ2) is 15.0. The Morgan fingerprint density at radius 3 is 2.30 bits per heavy atom. The van der Waals surface area contributed by atoms with Crippen molar-refractivity contribution in [2.75, 3.05) is 45.9 Å². The number of piperazine rings is 1. The van der Waals surface area contributed by atoms with E-state index < -0.39 is 49.0 Å². The van der Waals surface area contributed by atoms with E-state index in [1.165, 1.54) is 25.4 Å². The van der Waals surface area contributed by atoms with Gasteiger partial charge < -0.3 is 40.3 Å². The lowest BCUT2D eigenvalue weighted by atomic mass is 10.1. The third kappa shape index (κ3) is 8.56. The summed E-state index contributed by atoms with van der Waals surface area (Å²) in [6, 6.07) is 8.29. The van der Waals surface area contributed by atoms with E-state index in [4.69, 9.17) is 4.74 Å². The van der Waals surface area contributed by atoms with Crippen LogP contribution in [0.4, 0.5) is 4.79 Å². The summed E-state index contributed by atoms with van der Waals surface area (Å²) >= 11 is 0. The number of rotatable bonds is 13. The Morgan fingerprint density at radius 1 is 0.936 bits per heavy atom. The maximum absolute atomic E-state index is 13.4. The van der Waals surface area contributed by atoms with Gasteiger partial charge in [-0.05, 0) is 50.2 Å². The number of carboxylic acid groups (broad SMARTS) is 2. The molecule has 0 spiro atoms. The third-order valence-electron chi connectivity index (χ3n) is 8.50. The molecule has 2 aliphatic heterocycles. The van der Waals surface area contributed by atoms with Gasteiger partial charge >= 0.3 is 12.1 Å². The van der Waals surface area contributed by atoms with E-state index >= 15 is 0 Å². The molecule has 0 bridgehead atoms. The zero-order valence-electron chi connectivity index (χ0n) is 25.9. The molecule has 5 amide bonds. The first-order valence-electron chi connectivity index (χ1n) is 15.8. The Balaban J connectivity index is 1.28. The average Bonchev–Trinajstić information content (AvgIpc) is 3.58. The largest absolute Gasteiger partial charge is 0.481 e. The molecular formula is C31H39N7O9. The molecule has 2 aromatic rings. The van der Waals surface area contributed by atoms with E-state index in [-0.39, 0.29) is 56.0 Å². The fourth-order valence-corrected chi connectivity index (χ4v) is 5.67. The highest BCUT2D eigenvalue weighted by Crippen LogP contribution is 2.28. The van der Waals surface area contributed by atoms with Gasteiger partial charge in [0.2, 0.25) is 17.7 Å². The number of ether oxygens (including phenoxy) is 1. The van der Waals surface area contributed by atoms with Crippen molar-refractivity contribution in [1.82, 2.24) is 35.1 Å². The maximum Gasteiger partial charge on any atom is 0.407 e. The number of likely N-dealkylation sites (tertiary alicyclic amines) is 1. The van der Waals surface area contributed by atoms with Gasteiger partial charge in [-0.3, -0.25) is 24.0 Å². The zero-order valence-corrected chi connectivity index (χ0v) is 25.9. The first-order valence-corrected chi connectivity index (χ1v) is 15.8. The highest BCUT2D eigenvalue weighted by atomic mass is 16.5. The minimum Gasteiger partial charge on any atom is -0.481 e. The average molecular weight is 654 g/mol. The maximum atomic E-state index is 13.4. The van der Waals surface area contributed by atoms with Crippen LogP contribution in [0, 0.1) is 5.92 Å². The van der Waals surface area contributed by atoms with Gasteiger partial charge in [0.25, 0.3) is 11.8 Å². The van der Waals surface area contributed by atoms with E-state index in [1.54, 1.807) is 30.3 Å². The summed E-state index contributed by atoms with van der Waals surface area (Å²) in [5, 5.41) is 28.4. The topological polar surface area (TPSA) is 204 Å². The molecule has 4 N–H and O–H groups in total. The number of carboxylic acids is 1. The van der Waals surface area contributed by atoms with Crippen molar-refractivity contribution < 1.29 is 43.7 Å². The van der Waals surface area contributed by atoms with Gasteiger partial charge in [-0.15, -0.1) is 0 Å². The summed E-state index contributed by atoms with van der Waals surface area (Å²) in [5.74, 6) is -2.43. The number of carbonyl (C=O) groups excluding carboxylic acids is 4. The Bertz CT molecular complexity index is 1490. The smallest absolute Gasteiger partial charge is 0.407 e. The molecule has 252 valence electrons. The number of nitrogens with zero attached hydrogens (tertiary/aromatic N) is 5. The van der Waals surface area contributed by atoms with Crippen LogP contribution in [0.3, 0.4) is 0 Å². The zero-order chi connectivity index (χ0) is 33.5. The Kier molecular flexibility index (Phi) is 10.6. The molecule has 1 aromatic carbocycles. The normalized spacial score (nSPS) is 18.4. The van der Waals surface area contributed by atoms with Crippen LogP contribution in [0.5, 0.6) is 5.88 Å². The van der Waals surface area contributed by atoms with E-state index in [1.807, 2.05) is 0 Å². The van der Waals surface area contributed by atoms with Gasteiger partial charge in [0, 0.05) is 51.8 Å². The van der Waals surface area contributed by atoms with Crippen LogP contribution < -0.4 is 15.4 Å². The molecule has 47 heavy (non-hydrogen) atoms. The van der Waals surface area contributed by atoms with Gasteiger partial charge in [0.1, 0.15) is 12.1 Å². The van der Waals surface area contributed by atoms with Crippen LogP contribution in [0.2, 0.25) is 0 Å². The monoisotopic (exact) mass is 653 g/mol. The molecule has 3 heterocycles. The number of nitrogens with one attached hydrogen (secondary N) is 2. The number of carbonyl (C=O) groups is 6. The van der Waals surface area contributed by atoms with Gasteiger partial charge in [-0.2, -0.15) is 5.10 Å². The Labute approximate surface area is 270 Å². The molecular weight excluding hydrogens is 614 g/mol. The molecule has 1 saturated carbocycles. The van der Waals surface area contributed by atoms with Gasteiger partial charge in [-0.25, -0.2) is 9.48 Å². The molecule has 5 rings (SSSR count). The quantitative estimate of drug-likeness (QED) is 0.236. The molecule has 0 unspecified atom stereocenters. The van der Waals surface area contributed by atoms with Gasteiger partial charge in [-0.1, -0.05) is 18.2 Å². The Morgan fingerprint density at radius 2 is 1.64 bits per heavy atom. The van der Waals surface area contributed by atoms with E-state index in [9.17, 15) is 39.0 Å². The predicted octanol–water partition coefficient (Wildman–Crippen LogP) is 0.554. The first-order chi connectivity index (χ1) is 22.6. The Hall–Kier alpha value is -5.15. The number of hydrogen-bond donors (Lipinski definition) is 4. The van der Waals surface area contributed by atoms with Crippen LogP contribution in [0.25, 0.3) is 5.69 Å². The second-order valence-corrected chi connectivity index (χ2v) is 11.9. The molecule has 3 aliphatic rings. The molecule has 1 aromatic heterocycles. The van der Waals surface area contributed by atoms with E-state index in [0.29, 0.717) is 37.5 Å². The molecule has 16 heteroatoms. The number of hydrogen-bond acceptors (Lipinski definition) is 8. The van der Waals surface area contributed by atoms with Crippen molar-refractivity contribution in [2.45, 2.75) is 50.6 Å². The highest BCUT2D eigenvalue weighted by Gasteiger charge is 2.36. The van der Waals surface area contributed by atoms with Crippen LogP contribution in [0.15, 0.2) is 36.4 Å². The summed E-state index contributed by atoms with van der Waals surface area (Å²) in [6.45, 7) is 0.994. The molecule has 2 atom stereocenters. The molecule has 16 nitrogen and oxygen atoms in total. The number of para-hydroxylation sites is 1. The minimum atomic E-state index is -1.21. The SMILES string of the molecule is O=C(O)CC[C@H](NC(=O)c1cc(OCC(=O)N2CCC[C@H]2C(=O)NCC2CC2)n(-c2ccccc2)n1)C(=O)N1CCN(C(=O)O)CC1. The van der Waals surface area contributed by atoms with Crippen LogP contribution in [0.1, 0.15) is 49.0 Å². The fourth-order valence-electron chi connectivity index (χ4n) is 5.67. The summed E-state index contributed by atoms with van der Waals surface area (Å²) in [6.07, 6.45) is 1.76. The minimum absolute atomic E-state index is 0.0711. The highest BCUT2D eigenvalue weighted by molar-refractivity contribution is 5.96. The molecule has 3 fully saturated rings. The lowest BCUT2D eigenvalue weighted by Crippen LogP contribution is -2.55. The van der Waals surface area contributed by atoms with Crippen molar-refractivity contribution in [2.24, 2.45) is 5.92 Å². The second-order valence-electron chi connectivity index (χ2n) is 11.9. The lowest BCUT2D eigenvalue weighted by Gasteiger charge is -2.35. The van der Waals surface area contributed by atoms with Crippen molar-refractivity contribution >= 4 is 35.7 Å². The van der Waals surface area contributed by atoms with Crippen LogP contribution >= 0.6 is 0 Å². The van der Waals surface area contributed by atoms with Crippen LogP contribution in [-0.2, 0) is 19.2 Å². The summed E-state index contributed by atoms with van der Waals surface area (Å²) in [4.78, 5) is 79.4. The number of aromatic nitrogens is 2. The molecule has 2 saturated heterocycles. The number of amides is 5. The first kappa shape index (κ1) is 33.2. The summed E-state index contributed by atoms with van der Waals surface area (Å²) in [7, 11) is 0. The van der Waals surface area contributed by atoms with Gasteiger partial charge in [0.15, 0.2) is 12.3 Å². The van der Waals surface area contributed by atoms with Crippen molar-refractivity contribution in [1.29, 1.82) is 0 Å². The van der Waals surface area contributed by atoms with Crippen molar-refractivity contribution in [3.05, 3.63) is 42.1 Å². The summed E-state index contributed by atoms with van der Waals surface area (Å²) < 4.78 is 7.22. The predicted molar refractivity (Wildman–Crippen MR) is 164 cm³/mol. The number of aliphatic carboxylic acids is 1. The third-order valence-corrected chi connectivity index (χ3v) is 8.50. The summed E-state index contributed by atoms with van der Waals surface area (Å²) in [5.41, 5.74) is 0.390. The van der Waals surface area contributed by atoms with Crippen molar-refractivity contribution in [3.63, 3.8) is 0 Å². The number of benzene rings is 1. The van der Waals surface area contributed by atoms with E-state index in [2.05, 4.69) is 15.7 Å².